The molecule has 142 valence electrons. The van der Waals surface area contributed by atoms with E-state index in [1.807, 2.05) is 0 Å². The van der Waals surface area contributed by atoms with Crippen molar-refractivity contribution in [3.63, 3.8) is 0 Å². The molecule has 0 saturated heterocycles. The molecule has 0 bridgehead atoms. The van der Waals surface area contributed by atoms with Gasteiger partial charge in [0.05, 0.1) is 13.2 Å². The fourth-order valence-electron chi connectivity index (χ4n) is 2.52. The van der Waals surface area contributed by atoms with Crippen molar-refractivity contribution in [2.24, 2.45) is 0 Å². The van der Waals surface area contributed by atoms with E-state index in [2.05, 4.69) is 26.1 Å². The summed E-state index contributed by atoms with van der Waals surface area (Å²) in [6.07, 6.45) is 18.0. The van der Waals surface area contributed by atoms with E-state index in [1.165, 1.54) is 77.0 Å². The molecule has 2 radical (unpaired) electrons. The van der Waals surface area contributed by atoms with E-state index in [9.17, 15) is 0 Å². The van der Waals surface area contributed by atoms with Gasteiger partial charge in [-0.2, -0.15) is 0 Å². The molecule has 0 rings (SSSR count). The second kappa shape index (κ2) is 21.5. The molecule has 0 fully saturated rings. The normalized spacial score (nSPS) is 11.5. The Morgan fingerprint density at radius 2 is 0.917 bits per heavy atom. The van der Waals surface area contributed by atoms with Crippen LogP contribution in [0.2, 0.25) is 0 Å². The molecule has 0 aromatic heterocycles. The molecule has 0 aliphatic heterocycles. The first-order chi connectivity index (χ1) is 11.1. The molecule has 0 spiro atoms. The van der Waals surface area contributed by atoms with Crippen molar-refractivity contribution in [3.8, 4) is 0 Å². The van der Waals surface area contributed by atoms with Crippen molar-refractivity contribution < 1.29 is 9.05 Å². The maximum atomic E-state index is 5.68. The number of hydrogen-bond donors (Lipinski definition) is 1. The van der Waals surface area contributed by atoms with E-state index in [1.54, 1.807) is 0 Å². The van der Waals surface area contributed by atoms with E-state index in [0.29, 0.717) is 13.2 Å². The van der Waals surface area contributed by atoms with Crippen LogP contribution in [0.1, 0.15) is 104 Å². The van der Waals surface area contributed by atoms with Crippen LogP contribution in [0.5, 0.6) is 0 Å². The van der Waals surface area contributed by atoms with Crippen LogP contribution in [-0.4, -0.2) is 51.0 Å². The minimum atomic E-state index is -2.30. The molecule has 0 heterocycles. The van der Waals surface area contributed by atoms with Gasteiger partial charge in [0.15, 0.2) is 0 Å². The van der Waals surface area contributed by atoms with Crippen LogP contribution >= 0.6 is 17.9 Å². The van der Waals surface area contributed by atoms with Gasteiger partial charge in [0.25, 0.3) is 0 Å². The predicted octanol–water partition coefficient (Wildman–Crippen LogP) is 7.29. The van der Waals surface area contributed by atoms with Gasteiger partial charge in [0, 0.05) is 37.7 Å². The third kappa shape index (κ3) is 22.2. The fraction of sp³-hybridized carbons (Fsp3) is 1.00. The summed E-state index contributed by atoms with van der Waals surface area (Å²) in [6, 6.07) is 0. The van der Waals surface area contributed by atoms with Crippen LogP contribution in [0.15, 0.2) is 0 Å². The van der Waals surface area contributed by atoms with Gasteiger partial charge < -0.3 is 9.05 Å². The van der Waals surface area contributed by atoms with Crippen LogP contribution in [0.25, 0.3) is 0 Å². The zero-order valence-electron chi connectivity index (χ0n) is 16.1. The van der Waals surface area contributed by atoms with E-state index >= 15 is 0 Å². The predicted molar refractivity (Wildman–Crippen MR) is 117 cm³/mol. The summed E-state index contributed by atoms with van der Waals surface area (Å²) in [5.41, 5.74) is -2.30. The summed E-state index contributed by atoms with van der Waals surface area (Å²) in [5.74, 6) is 0. The third-order valence-corrected chi connectivity index (χ3v) is 6.35. The molecule has 2 nitrogen and oxygen atoms in total. The van der Waals surface area contributed by atoms with Gasteiger partial charge in [-0.3, -0.25) is 0 Å². The van der Waals surface area contributed by atoms with Crippen LogP contribution < -0.4 is 0 Å². The Morgan fingerprint density at radius 1 is 0.625 bits per heavy atom. The molecule has 0 atom stereocenters. The number of hydrogen-bond acceptors (Lipinski definition) is 3. The van der Waals surface area contributed by atoms with Crippen LogP contribution in [0.3, 0.4) is 0 Å². The smallest absolute Gasteiger partial charge is 0.244 e. The fourth-order valence-corrected chi connectivity index (χ4v) is 4.25. The zero-order chi connectivity index (χ0) is 17.2. The van der Waals surface area contributed by atoms with Crippen molar-refractivity contribution in [3.05, 3.63) is 0 Å². The average Bonchev–Trinajstić information content (AvgIpc) is 2.52. The van der Waals surface area contributed by atoms with Gasteiger partial charge in [-0.25, -0.2) is 0 Å². The summed E-state index contributed by atoms with van der Waals surface area (Å²) in [6.45, 7) is 5.90. The summed E-state index contributed by atoms with van der Waals surface area (Å²) >= 11 is 9.76. The first-order valence-electron chi connectivity index (χ1n) is 9.74. The van der Waals surface area contributed by atoms with Gasteiger partial charge in [-0.05, 0) is 24.6 Å². The second-order valence-electron chi connectivity index (χ2n) is 6.38. The maximum absolute atomic E-state index is 5.68. The van der Waals surface area contributed by atoms with E-state index in [0.717, 1.165) is 12.8 Å². The Kier molecular flexibility index (Phi) is 25.4. The van der Waals surface area contributed by atoms with Crippen LogP contribution in [-0.2, 0) is 20.9 Å². The van der Waals surface area contributed by atoms with E-state index in [4.69, 9.17) is 20.9 Å². The minimum absolute atomic E-state index is 0. The Labute approximate surface area is 191 Å². The second-order valence-corrected chi connectivity index (χ2v) is 11.7. The van der Waals surface area contributed by atoms with Crippen molar-refractivity contribution >= 4 is 67.5 Å². The zero-order valence-corrected chi connectivity index (χ0v) is 21.0. The van der Waals surface area contributed by atoms with Gasteiger partial charge >= 0.3 is 0 Å². The summed E-state index contributed by atoms with van der Waals surface area (Å²) < 4.78 is 11.4. The third-order valence-electron chi connectivity index (χ3n) is 4.00. The van der Waals surface area contributed by atoms with Crippen LogP contribution in [0.4, 0.5) is 0 Å². The standard InChI is InChI=1S/C18H39O2PS2.Ca/c1-3-5-7-9-11-13-15-17-19-21(22,23)20-18-16-14-12-10-8-6-4-2;/h3-18H2,1-2H3,(H,22,23);. The molecule has 0 unspecified atom stereocenters. The summed E-state index contributed by atoms with van der Waals surface area (Å²) in [5, 5.41) is 0. The number of unbranched alkanes of at least 4 members (excludes halogenated alkanes) is 12. The molecule has 0 aliphatic carbocycles. The molecule has 0 N–H and O–H groups in total. The van der Waals surface area contributed by atoms with E-state index in [-0.39, 0.29) is 37.7 Å². The van der Waals surface area contributed by atoms with Crippen molar-refractivity contribution in [1.82, 2.24) is 0 Å². The Hall–Kier alpha value is 2.18. The van der Waals surface area contributed by atoms with Gasteiger partial charge in [0.2, 0.25) is 5.69 Å². The Morgan fingerprint density at radius 3 is 1.25 bits per heavy atom. The molecule has 0 aromatic carbocycles. The van der Waals surface area contributed by atoms with Gasteiger partial charge in [-0.15, -0.1) is 0 Å². The Balaban J connectivity index is 0. The van der Waals surface area contributed by atoms with Crippen molar-refractivity contribution in [2.45, 2.75) is 104 Å². The quantitative estimate of drug-likeness (QED) is 0.108. The number of rotatable bonds is 18. The SMILES string of the molecule is CCCCCCCCCOP(=S)(S)OCCCCCCCCC.[Ca]. The van der Waals surface area contributed by atoms with Crippen molar-refractivity contribution in [2.75, 3.05) is 13.2 Å². The first kappa shape index (κ1) is 28.4. The first-order valence-corrected chi connectivity index (χ1v) is 13.5. The molecule has 6 heteroatoms. The molecule has 0 aliphatic rings. The van der Waals surface area contributed by atoms with Crippen molar-refractivity contribution in [1.29, 1.82) is 0 Å². The van der Waals surface area contributed by atoms with Gasteiger partial charge in [-0.1, -0.05) is 103 Å². The van der Waals surface area contributed by atoms with E-state index < -0.39 is 5.69 Å². The van der Waals surface area contributed by atoms with Crippen LogP contribution in [0, 0.1) is 0 Å². The monoisotopic (exact) mass is 422 g/mol. The maximum Gasteiger partial charge on any atom is 0.244 e. The molecular weight excluding hydrogens is 383 g/mol. The minimum Gasteiger partial charge on any atom is -0.322 e. The Bertz CT molecular complexity index is 270. The van der Waals surface area contributed by atoms with Gasteiger partial charge in [0.1, 0.15) is 0 Å². The average molecular weight is 423 g/mol. The molecule has 0 saturated carbocycles. The topological polar surface area (TPSA) is 18.5 Å². The molecule has 0 aromatic rings. The largest absolute Gasteiger partial charge is 0.322 e. The summed E-state index contributed by atoms with van der Waals surface area (Å²) in [4.78, 5) is 0. The summed E-state index contributed by atoms with van der Waals surface area (Å²) in [7, 11) is 0. The number of thiol groups is 1. The molecule has 0 amide bonds. The molecule has 24 heavy (non-hydrogen) atoms. The molecular formula is C18H39CaO2PS2.